The van der Waals surface area contributed by atoms with Crippen molar-refractivity contribution in [3.63, 3.8) is 0 Å². The molecule has 8 nitrogen and oxygen atoms in total. The van der Waals surface area contributed by atoms with E-state index in [1.54, 1.807) is 31.4 Å². The van der Waals surface area contributed by atoms with E-state index >= 15 is 0 Å². The number of carbonyl (C=O) groups is 1. The van der Waals surface area contributed by atoms with Gasteiger partial charge in [0.25, 0.3) is 5.91 Å². The molecule has 180 valence electrons. The van der Waals surface area contributed by atoms with Crippen LogP contribution in [0, 0.1) is 0 Å². The summed E-state index contributed by atoms with van der Waals surface area (Å²) in [5.74, 6) is 0.983. The number of rotatable bonds is 5. The summed E-state index contributed by atoms with van der Waals surface area (Å²) < 4.78 is 2.18. The van der Waals surface area contributed by atoms with Crippen LogP contribution in [0.15, 0.2) is 55.0 Å². The Labute approximate surface area is 205 Å². The Balaban J connectivity index is 1.28. The van der Waals surface area contributed by atoms with Gasteiger partial charge in [-0.1, -0.05) is 12.1 Å². The van der Waals surface area contributed by atoms with Crippen molar-refractivity contribution in [2.75, 3.05) is 32.9 Å². The van der Waals surface area contributed by atoms with Crippen molar-refractivity contribution < 1.29 is 4.79 Å². The lowest BCUT2D eigenvalue weighted by Crippen LogP contribution is -2.33. The molecular weight excluding hydrogens is 438 g/mol. The largest absolute Gasteiger partial charge is 0.382 e. The van der Waals surface area contributed by atoms with E-state index in [-0.39, 0.29) is 5.91 Å². The Morgan fingerprint density at radius 3 is 2.46 bits per heavy atom. The minimum absolute atomic E-state index is 0.0439. The summed E-state index contributed by atoms with van der Waals surface area (Å²) in [6.07, 6.45) is 7.33. The van der Waals surface area contributed by atoms with Gasteiger partial charge >= 0.3 is 0 Å². The zero-order valence-electron chi connectivity index (χ0n) is 20.5. The fourth-order valence-corrected chi connectivity index (χ4v) is 4.93. The number of amides is 1. The quantitative estimate of drug-likeness (QED) is 0.479. The Kier molecular flexibility index (Phi) is 6.21. The first-order valence-corrected chi connectivity index (χ1v) is 12.0. The maximum absolute atomic E-state index is 12.2. The molecular formula is C27H31N7O. The molecule has 3 aromatic heterocycles. The monoisotopic (exact) mass is 469 g/mol. The van der Waals surface area contributed by atoms with E-state index in [0.717, 1.165) is 60.3 Å². The summed E-state index contributed by atoms with van der Waals surface area (Å²) in [6.45, 7) is 2.95. The molecule has 2 N–H and O–H groups in total. The molecule has 0 unspecified atom stereocenters. The first-order valence-electron chi connectivity index (χ1n) is 12.0. The van der Waals surface area contributed by atoms with Crippen LogP contribution in [0.2, 0.25) is 0 Å². The highest BCUT2D eigenvalue weighted by Crippen LogP contribution is 2.31. The van der Waals surface area contributed by atoms with Gasteiger partial charge in [-0.25, -0.2) is 9.97 Å². The predicted octanol–water partition coefficient (Wildman–Crippen LogP) is 3.69. The molecule has 1 saturated heterocycles. The highest BCUT2D eigenvalue weighted by Gasteiger charge is 2.22. The van der Waals surface area contributed by atoms with E-state index in [2.05, 4.69) is 49.7 Å². The predicted molar refractivity (Wildman–Crippen MR) is 138 cm³/mol. The van der Waals surface area contributed by atoms with E-state index in [9.17, 15) is 4.79 Å². The van der Waals surface area contributed by atoms with Crippen molar-refractivity contribution in [3.8, 4) is 11.3 Å². The van der Waals surface area contributed by atoms with Crippen molar-refractivity contribution in [3.05, 3.63) is 71.8 Å². The second kappa shape index (κ2) is 9.46. The number of likely N-dealkylation sites (tertiary alicyclic amines) is 1. The lowest BCUT2D eigenvalue weighted by atomic mass is 9.89. The highest BCUT2D eigenvalue weighted by molar-refractivity contribution is 5.94. The second-order valence-corrected chi connectivity index (χ2v) is 9.49. The van der Waals surface area contributed by atoms with Crippen molar-refractivity contribution in [2.24, 2.45) is 7.05 Å². The van der Waals surface area contributed by atoms with Crippen LogP contribution >= 0.6 is 0 Å². The Morgan fingerprint density at radius 2 is 1.80 bits per heavy atom. The Bertz CT molecular complexity index is 1330. The molecule has 1 fully saturated rings. The molecule has 0 saturated carbocycles. The van der Waals surface area contributed by atoms with Crippen LogP contribution in [-0.2, 0) is 13.6 Å². The molecule has 1 aliphatic heterocycles. The third-order valence-electron chi connectivity index (χ3n) is 6.98. The van der Waals surface area contributed by atoms with Crippen LogP contribution in [-0.4, -0.2) is 62.4 Å². The van der Waals surface area contributed by atoms with E-state index in [0.29, 0.717) is 11.7 Å². The van der Waals surface area contributed by atoms with E-state index in [1.165, 1.54) is 11.3 Å². The third-order valence-corrected chi connectivity index (χ3v) is 6.98. The number of aryl methyl sites for hydroxylation is 1. The van der Waals surface area contributed by atoms with Crippen LogP contribution in [0.3, 0.4) is 0 Å². The number of fused-ring (bicyclic) bond motifs is 1. The van der Waals surface area contributed by atoms with Gasteiger partial charge in [0.2, 0.25) is 0 Å². The smallest absolute Gasteiger partial charge is 0.253 e. The van der Waals surface area contributed by atoms with Gasteiger partial charge in [-0.15, -0.1) is 0 Å². The zero-order valence-corrected chi connectivity index (χ0v) is 20.5. The highest BCUT2D eigenvalue weighted by atomic mass is 16.2. The minimum Gasteiger partial charge on any atom is -0.382 e. The molecule has 5 rings (SSSR count). The number of piperidine rings is 1. The van der Waals surface area contributed by atoms with Crippen molar-refractivity contribution in [2.45, 2.75) is 25.3 Å². The summed E-state index contributed by atoms with van der Waals surface area (Å²) in [5, 5.41) is 1.08. The molecule has 1 aliphatic rings. The lowest BCUT2D eigenvalue weighted by molar-refractivity contribution is 0.0827. The molecule has 0 bridgehead atoms. The summed E-state index contributed by atoms with van der Waals surface area (Å²) in [7, 11) is 5.64. The molecule has 4 aromatic rings. The van der Waals surface area contributed by atoms with E-state index < -0.39 is 0 Å². The maximum Gasteiger partial charge on any atom is 0.253 e. The fourth-order valence-electron chi connectivity index (χ4n) is 4.93. The van der Waals surface area contributed by atoms with Crippen LogP contribution in [0.4, 0.5) is 5.82 Å². The maximum atomic E-state index is 12.2. The summed E-state index contributed by atoms with van der Waals surface area (Å²) in [4.78, 5) is 29.6. The Morgan fingerprint density at radius 1 is 1.06 bits per heavy atom. The molecule has 0 spiro atoms. The van der Waals surface area contributed by atoms with Gasteiger partial charge in [0.15, 0.2) is 0 Å². The number of nitrogens with two attached hydrogens (primary N) is 1. The van der Waals surface area contributed by atoms with Crippen molar-refractivity contribution >= 4 is 22.8 Å². The summed E-state index contributed by atoms with van der Waals surface area (Å²) in [5.41, 5.74) is 11.8. The van der Waals surface area contributed by atoms with Gasteiger partial charge in [-0.05, 0) is 61.7 Å². The molecule has 1 amide bonds. The topological polar surface area (TPSA) is 93.2 Å². The minimum atomic E-state index is 0.0439. The van der Waals surface area contributed by atoms with Gasteiger partial charge in [0.1, 0.15) is 11.5 Å². The van der Waals surface area contributed by atoms with Crippen LogP contribution < -0.4 is 5.73 Å². The Hall–Kier alpha value is -3.78. The number of nitrogen functional groups attached to an aromatic ring is 1. The number of benzene rings is 1. The molecule has 4 heterocycles. The van der Waals surface area contributed by atoms with Gasteiger partial charge in [-0.3, -0.25) is 14.7 Å². The average molecular weight is 470 g/mol. The molecule has 35 heavy (non-hydrogen) atoms. The number of pyridine rings is 1. The normalized spacial score (nSPS) is 14.9. The van der Waals surface area contributed by atoms with Crippen LogP contribution in [0.25, 0.3) is 22.3 Å². The number of hydrogen-bond donors (Lipinski definition) is 1. The van der Waals surface area contributed by atoms with E-state index in [1.807, 2.05) is 24.4 Å². The third kappa shape index (κ3) is 4.61. The standard InChI is InChI=1S/C27H31N7O/c1-32(2)27(35)20-6-4-18(5-7-20)19-9-12-34(13-10-19)17-21-14-23-22(8-11-29-26(23)33(21)3)24-15-31-25(28)16-30-24/h4-8,11,14-16,19H,9-10,12-13,17H2,1-3H3,(H2,28,31). The molecule has 1 aromatic carbocycles. The van der Waals surface area contributed by atoms with Gasteiger partial charge in [-0.2, -0.15) is 0 Å². The first kappa shape index (κ1) is 23.0. The number of carbonyl (C=O) groups excluding carboxylic acids is 1. The number of nitrogens with zero attached hydrogens (tertiary/aromatic N) is 6. The van der Waals surface area contributed by atoms with Crippen LogP contribution in [0.1, 0.15) is 40.4 Å². The average Bonchev–Trinajstić information content (AvgIpc) is 3.20. The molecule has 8 heteroatoms. The van der Waals surface area contributed by atoms with E-state index in [4.69, 9.17) is 5.73 Å². The van der Waals surface area contributed by atoms with Crippen molar-refractivity contribution in [1.82, 2.24) is 29.3 Å². The number of hydrogen-bond acceptors (Lipinski definition) is 6. The van der Waals surface area contributed by atoms with Gasteiger partial charge in [0.05, 0.1) is 18.1 Å². The number of anilines is 1. The SMILES string of the molecule is CN(C)C(=O)c1ccc(C2CCN(Cc3cc4c(-c5cnc(N)cn5)ccnc4n3C)CC2)cc1. The molecule has 0 aliphatic carbocycles. The second-order valence-electron chi connectivity index (χ2n) is 9.49. The molecule has 0 radical (unpaired) electrons. The fraction of sp³-hybridized carbons (Fsp3) is 0.333. The molecule has 0 atom stereocenters. The van der Waals surface area contributed by atoms with Gasteiger partial charge < -0.3 is 15.2 Å². The lowest BCUT2D eigenvalue weighted by Gasteiger charge is -2.32. The van der Waals surface area contributed by atoms with Crippen LogP contribution in [0.5, 0.6) is 0 Å². The number of aromatic nitrogens is 4. The summed E-state index contributed by atoms with van der Waals surface area (Å²) in [6, 6.07) is 12.4. The van der Waals surface area contributed by atoms with Gasteiger partial charge in [0, 0.05) is 56.1 Å². The first-order chi connectivity index (χ1) is 16.9. The van der Waals surface area contributed by atoms with Crippen molar-refractivity contribution in [1.29, 1.82) is 0 Å². The summed E-state index contributed by atoms with van der Waals surface area (Å²) >= 11 is 0. The zero-order chi connectivity index (χ0) is 24.5.